The molecule has 0 bridgehead atoms. The maximum atomic E-state index is 11.4. The number of nitrogens with two attached hydrogens (primary N) is 1. The molecule has 0 saturated heterocycles. The van der Waals surface area contributed by atoms with E-state index in [1.54, 1.807) is 18.5 Å². The van der Waals surface area contributed by atoms with Gasteiger partial charge in [0.2, 0.25) is 0 Å². The van der Waals surface area contributed by atoms with E-state index < -0.39 is 0 Å². The number of aromatic nitrogens is 3. The Labute approximate surface area is 95.7 Å². The molecule has 16 heavy (non-hydrogen) atoms. The van der Waals surface area contributed by atoms with Crippen molar-refractivity contribution in [3.05, 3.63) is 28.8 Å². The molecule has 0 aromatic carbocycles. The number of esters is 1. The molecule has 0 aliphatic rings. The molecule has 2 rings (SSSR count). The minimum atomic E-state index is -0.363. The highest BCUT2D eigenvalue weighted by Crippen LogP contribution is 2.05. The van der Waals surface area contributed by atoms with Gasteiger partial charge in [-0.1, -0.05) is 0 Å². The smallest absolute Gasteiger partial charge is 0.328 e. The summed E-state index contributed by atoms with van der Waals surface area (Å²) in [7, 11) is 0. The van der Waals surface area contributed by atoms with Gasteiger partial charge >= 0.3 is 5.97 Å². The van der Waals surface area contributed by atoms with E-state index in [2.05, 4.69) is 10.1 Å². The van der Waals surface area contributed by atoms with Crippen LogP contribution in [0.15, 0.2) is 23.8 Å². The molecule has 84 valence electrons. The molecule has 0 aliphatic carbocycles. The molecule has 2 heterocycles. The number of nitrogen functional groups attached to an aromatic ring is 1. The highest BCUT2D eigenvalue weighted by atomic mass is 32.1. The number of ether oxygens (including phenoxy) is 1. The second kappa shape index (κ2) is 4.75. The van der Waals surface area contributed by atoms with Crippen molar-refractivity contribution >= 4 is 23.1 Å². The molecule has 2 aromatic heterocycles. The Morgan fingerprint density at radius 2 is 2.50 bits per heavy atom. The molecule has 7 heteroatoms. The Balaban J connectivity index is 1.81. The van der Waals surface area contributed by atoms with E-state index in [9.17, 15) is 4.79 Å². The van der Waals surface area contributed by atoms with Crippen molar-refractivity contribution < 1.29 is 9.53 Å². The van der Waals surface area contributed by atoms with E-state index in [0.29, 0.717) is 5.82 Å². The van der Waals surface area contributed by atoms with Crippen LogP contribution in [0.4, 0.5) is 5.82 Å². The Hall–Kier alpha value is -1.89. The predicted molar refractivity (Wildman–Crippen MR) is 58.5 cm³/mol. The van der Waals surface area contributed by atoms with Crippen LogP contribution in [0.2, 0.25) is 0 Å². The summed E-state index contributed by atoms with van der Waals surface area (Å²) >= 11 is 1.44. The Bertz CT molecular complexity index is 466. The monoisotopic (exact) mass is 238 g/mol. The standard InChI is InChI=1S/C9H10N4O2S/c10-7-1-3-13(12-7)5-9(14)15-6-8-11-2-4-16-8/h1-4H,5-6H2,(H2,10,12). The number of hydrogen-bond donors (Lipinski definition) is 1. The number of hydrogen-bond acceptors (Lipinski definition) is 6. The third kappa shape index (κ3) is 2.80. The third-order valence-electron chi connectivity index (χ3n) is 1.79. The summed E-state index contributed by atoms with van der Waals surface area (Å²) in [6, 6.07) is 1.62. The van der Waals surface area contributed by atoms with Crippen LogP contribution in [-0.4, -0.2) is 20.7 Å². The zero-order valence-electron chi connectivity index (χ0n) is 8.37. The normalized spacial score (nSPS) is 10.2. The van der Waals surface area contributed by atoms with Gasteiger partial charge in [0.05, 0.1) is 0 Å². The predicted octanol–water partition coefficient (Wildman–Crippen LogP) is 0.665. The van der Waals surface area contributed by atoms with Gasteiger partial charge in [-0.3, -0.25) is 9.48 Å². The molecule has 0 spiro atoms. The first kappa shape index (κ1) is 10.6. The largest absolute Gasteiger partial charge is 0.457 e. The lowest BCUT2D eigenvalue weighted by molar-refractivity contribution is -0.145. The van der Waals surface area contributed by atoms with Crippen molar-refractivity contribution in [2.45, 2.75) is 13.2 Å². The van der Waals surface area contributed by atoms with Gasteiger partial charge in [0.25, 0.3) is 0 Å². The second-order valence-electron chi connectivity index (χ2n) is 3.02. The summed E-state index contributed by atoms with van der Waals surface area (Å²) in [6.07, 6.45) is 3.29. The average Bonchev–Trinajstić information content (AvgIpc) is 2.87. The zero-order valence-corrected chi connectivity index (χ0v) is 9.18. The molecule has 6 nitrogen and oxygen atoms in total. The van der Waals surface area contributed by atoms with Crippen LogP contribution >= 0.6 is 11.3 Å². The number of thiazole rings is 1. The van der Waals surface area contributed by atoms with Crippen LogP contribution in [0.5, 0.6) is 0 Å². The summed E-state index contributed by atoms with van der Waals surface area (Å²) in [6.45, 7) is 0.260. The van der Waals surface area contributed by atoms with Gasteiger partial charge in [0, 0.05) is 17.8 Å². The van der Waals surface area contributed by atoms with E-state index in [1.165, 1.54) is 16.0 Å². The topological polar surface area (TPSA) is 83.0 Å². The number of anilines is 1. The van der Waals surface area contributed by atoms with Crippen molar-refractivity contribution in [3.63, 3.8) is 0 Å². The van der Waals surface area contributed by atoms with E-state index in [4.69, 9.17) is 10.5 Å². The Morgan fingerprint density at radius 3 is 3.12 bits per heavy atom. The fraction of sp³-hybridized carbons (Fsp3) is 0.222. The van der Waals surface area contributed by atoms with Gasteiger partial charge in [-0.05, 0) is 6.07 Å². The second-order valence-corrected chi connectivity index (χ2v) is 4.00. The molecular weight excluding hydrogens is 228 g/mol. The molecule has 0 amide bonds. The molecule has 0 aliphatic heterocycles. The highest BCUT2D eigenvalue weighted by Gasteiger charge is 2.06. The number of rotatable bonds is 4. The number of carbonyl (C=O) groups is 1. The third-order valence-corrected chi connectivity index (χ3v) is 2.55. The first-order valence-electron chi connectivity index (χ1n) is 4.57. The fourth-order valence-corrected chi connectivity index (χ4v) is 1.64. The molecule has 0 unspecified atom stereocenters. The molecule has 2 N–H and O–H groups in total. The zero-order chi connectivity index (χ0) is 11.4. The lowest BCUT2D eigenvalue weighted by Crippen LogP contribution is -2.14. The highest BCUT2D eigenvalue weighted by molar-refractivity contribution is 7.09. The average molecular weight is 238 g/mol. The summed E-state index contributed by atoms with van der Waals surface area (Å²) in [5.41, 5.74) is 5.41. The molecule has 0 atom stereocenters. The summed E-state index contributed by atoms with van der Waals surface area (Å²) < 4.78 is 6.44. The van der Waals surface area contributed by atoms with Crippen LogP contribution in [0.3, 0.4) is 0 Å². The van der Waals surface area contributed by atoms with E-state index in [1.807, 2.05) is 5.38 Å². The molecule has 0 saturated carbocycles. The van der Waals surface area contributed by atoms with Crippen LogP contribution in [0, 0.1) is 0 Å². The molecule has 2 aromatic rings. The van der Waals surface area contributed by atoms with E-state index >= 15 is 0 Å². The summed E-state index contributed by atoms with van der Waals surface area (Å²) in [4.78, 5) is 15.4. The van der Waals surface area contributed by atoms with Crippen LogP contribution in [0.1, 0.15) is 5.01 Å². The van der Waals surface area contributed by atoms with Crippen molar-refractivity contribution in [1.82, 2.24) is 14.8 Å². The first-order valence-corrected chi connectivity index (χ1v) is 5.45. The number of nitrogens with zero attached hydrogens (tertiary/aromatic N) is 3. The van der Waals surface area contributed by atoms with Crippen molar-refractivity contribution in [3.8, 4) is 0 Å². The van der Waals surface area contributed by atoms with Gasteiger partial charge in [0.1, 0.15) is 24.0 Å². The van der Waals surface area contributed by atoms with Crippen molar-refractivity contribution in [1.29, 1.82) is 0 Å². The lowest BCUT2D eigenvalue weighted by atomic mass is 10.6. The maximum Gasteiger partial charge on any atom is 0.328 e. The van der Waals surface area contributed by atoms with Crippen molar-refractivity contribution in [2.24, 2.45) is 0 Å². The maximum absolute atomic E-state index is 11.4. The van der Waals surface area contributed by atoms with Crippen molar-refractivity contribution in [2.75, 3.05) is 5.73 Å². The Morgan fingerprint density at radius 1 is 1.62 bits per heavy atom. The van der Waals surface area contributed by atoms with Gasteiger partial charge in [-0.2, -0.15) is 5.10 Å². The van der Waals surface area contributed by atoms with Crippen LogP contribution in [-0.2, 0) is 22.7 Å². The SMILES string of the molecule is Nc1ccn(CC(=O)OCc2nccs2)n1. The summed E-state index contributed by atoms with van der Waals surface area (Å²) in [5.74, 6) is 0.0195. The van der Waals surface area contributed by atoms with Gasteiger partial charge in [0.15, 0.2) is 0 Å². The quantitative estimate of drug-likeness (QED) is 0.791. The fourth-order valence-electron chi connectivity index (χ4n) is 1.11. The van der Waals surface area contributed by atoms with E-state index in [-0.39, 0.29) is 19.1 Å². The molecular formula is C9H10N4O2S. The van der Waals surface area contributed by atoms with E-state index in [0.717, 1.165) is 5.01 Å². The summed E-state index contributed by atoms with van der Waals surface area (Å²) in [5, 5.41) is 6.48. The molecule has 0 radical (unpaired) electrons. The van der Waals surface area contributed by atoms with Gasteiger partial charge < -0.3 is 10.5 Å². The number of carbonyl (C=O) groups excluding carboxylic acids is 1. The minimum Gasteiger partial charge on any atom is -0.457 e. The minimum absolute atomic E-state index is 0.0581. The Kier molecular flexibility index (Phi) is 3.16. The molecule has 0 fully saturated rings. The first-order chi connectivity index (χ1) is 7.74. The van der Waals surface area contributed by atoms with Gasteiger partial charge in [-0.25, -0.2) is 4.98 Å². The van der Waals surface area contributed by atoms with Crippen LogP contribution in [0.25, 0.3) is 0 Å². The van der Waals surface area contributed by atoms with Gasteiger partial charge in [-0.15, -0.1) is 11.3 Å². The van der Waals surface area contributed by atoms with Crippen LogP contribution < -0.4 is 5.73 Å². The lowest BCUT2D eigenvalue weighted by Gasteiger charge is -2.02.